The number of rotatable bonds is 3. The molecule has 7 nitrogen and oxygen atoms in total. The van der Waals surface area contributed by atoms with Crippen LogP contribution in [0.3, 0.4) is 0 Å². The molecular weight excluding hydrogens is 301 g/mol. The van der Waals surface area contributed by atoms with Crippen molar-refractivity contribution in [3.8, 4) is 0 Å². The van der Waals surface area contributed by atoms with E-state index in [1.807, 2.05) is 0 Å². The fraction of sp³-hybridized carbons (Fsp3) is 0. The molecule has 21 heavy (non-hydrogen) atoms. The number of aromatic carboxylic acids is 1. The third-order valence-corrected chi connectivity index (χ3v) is 2.82. The number of aromatic nitrogens is 4. The lowest BCUT2D eigenvalue weighted by Gasteiger charge is -2.08. The Balaban J connectivity index is 2.06. The Morgan fingerprint density at radius 2 is 2.14 bits per heavy atom. The predicted molar refractivity (Wildman–Crippen MR) is 72.4 cm³/mol. The maximum Gasteiger partial charge on any atom is 0.335 e. The van der Waals surface area contributed by atoms with Crippen LogP contribution in [0.15, 0.2) is 30.5 Å². The van der Waals surface area contributed by atoms with Crippen molar-refractivity contribution in [3.05, 3.63) is 47.1 Å². The molecule has 0 amide bonds. The fourth-order valence-corrected chi connectivity index (χ4v) is 1.98. The highest BCUT2D eigenvalue weighted by Gasteiger charge is 2.11. The molecule has 3 heterocycles. The summed E-state index contributed by atoms with van der Waals surface area (Å²) in [6.07, 6.45) is 1.52. The molecule has 0 aliphatic carbocycles. The van der Waals surface area contributed by atoms with E-state index in [9.17, 15) is 9.18 Å². The topological polar surface area (TPSA) is 92.4 Å². The van der Waals surface area contributed by atoms with Crippen molar-refractivity contribution >= 4 is 34.9 Å². The highest BCUT2D eigenvalue weighted by Crippen LogP contribution is 2.20. The van der Waals surface area contributed by atoms with Gasteiger partial charge in [-0.2, -0.15) is 14.0 Å². The Kier molecular flexibility index (Phi) is 3.15. The minimum absolute atomic E-state index is 0.0199. The van der Waals surface area contributed by atoms with Crippen LogP contribution in [0.2, 0.25) is 5.15 Å². The van der Waals surface area contributed by atoms with E-state index in [-0.39, 0.29) is 16.5 Å². The van der Waals surface area contributed by atoms with Crippen molar-refractivity contribution in [2.24, 2.45) is 0 Å². The number of halogens is 2. The van der Waals surface area contributed by atoms with Crippen LogP contribution in [0.4, 0.5) is 16.0 Å². The highest BCUT2D eigenvalue weighted by molar-refractivity contribution is 6.29. The third kappa shape index (κ3) is 2.61. The first-order valence-corrected chi connectivity index (χ1v) is 6.09. The van der Waals surface area contributed by atoms with E-state index >= 15 is 0 Å². The molecule has 2 N–H and O–H groups in total. The van der Waals surface area contributed by atoms with Gasteiger partial charge in [-0.1, -0.05) is 11.6 Å². The summed E-state index contributed by atoms with van der Waals surface area (Å²) in [5.74, 6) is -1.76. The Morgan fingerprint density at radius 1 is 1.33 bits per heavy atom. The SMILES string of the molecule is O=C(O)c1cc(F)nc(Nc2cc(Cl)nc3ccnn23)c1. The number of hydrogen-bond acceptors (Lipinski definition) is 5. The van der Waals surface area contributed by atoms with Gasteiger partial charge < -0.3 is 10.4 Å². The minimum Gasteiger partial charge on any atom is -0.478 e. The molecule has 0 spiro atoms. The summed E-state index contributed by atoms with van der Waals surface area (Å²) in [5, 5.41) is 15.9. The molecule has 0 aromatic carbocycles. The molecule has 106 valence electrons. The van der Waals surface area contributed by atoms with Crippen LogP contribution in [0.1, 0.15) is 10.4 Å². The first-order chi connectivity index (χ1) is 10.0. The molecule has 0 unspecified atom stereocenters. The van der Waals surface area contributed by atoms with Crippen molar-refractivity contribution < 1.29 is 14.3 Å². The number of hydrogen-bond donors (Lipinski definition) is 2. The van der Waals surface area contributed by atoms with Crippen molar-refractivity contribution in [2.75, 3.05) is 5.32 Å². The number of anilines is 2. The molecule has 3 aromatic heterocycles. The van der Waals surface area contributed by atoms with Gasteiger partial charge in [0.2, 0.25) is 5.95 Å². The maximum absolute atomic E-state index is 13.3. The smallest absolute Gasteiger partial charge is 0.335 e. The average molecular weight is 308 g/mol. The summed E-state index contributed by atoms with van der Waals surface area (Å²) in [4.78, 5) is 18.5. The number of fused-ring (bicyclic) bond motifs is 1. The number of pyridine rings is 1. The van der Waals surface area contributed by atoms with Crippen molar-refractivity contribution in [1.29, 1.82) is 0 Å². The standard InChI is InChI=1S/C12H7ClFN5O2/c13-7-5-11(19-10(16-7)1-2-15-19)18-9-4-6(12(20)21)3-8(14)17-9/h1-5H,(H,17,18)(H,20,21). The Labute approximate surface area is 122 Å². The molecular formula is C12H7ClFN5O2. The monoisotopic (exact) mass is 307 g/mol. The first-order valence-electron chi connectivity index (χ1n) is 5.71. The zero-order valence-electron chi connectivity index (χ0n) is 10.3. The number of carboxylic acids is 1. The van der Waals surface area contributed by atoms with Gasteiger partial charge in [-0.15, -0.1) is 0 Å². The van der Waals surface area contributed by atoms with E-state index in [0.29, 0.717) is 11.5 Å². The van der Waals surface area contributed by atoms with E-state index in [1.165, 1.54) is 22.8 Å². The van der Waals surface area contributed by atoms with Crippen LogP contribution in [0.5, 0.6) is 0 Å². The third-order valence-electron chi connectivity index (χ3n) is 2.63. The van der Waals surface area contributed by atoms with Gasteiger partial charge in [0.25, 0.3) is 0 Å². The number of carboxylic acid groups (broad SMARTS) is 1. The van der Waals surface area contributed by atoms with Gasteiger partial charge in [-0.3, -0.25) is 0 Å². The van der Waals surface area contributed by atoms with Gasteiger partial charge in [0.15, 0.2) is 5.65 Å². The van der Waals surface area contributed by atoms with Gasteiger partial charge >= 0.3 is 5.97 Å². The zero-order valence-corrected chi connectivity index (χ0v) is 11.0. The second-order valence-corrected chi connectivity index (χ2v) is 4.45. The Hall–Kier alpha value is -2.74. The average Bonchev–Trinajstić information content (AvgIpc) is 2.86. The van der Waals surface area contributed by atoms with Gasteiger partial charge in [-0.25, -0.2) is 14.8 Å². The second-order valence-electron chi connectivity index (χ2n) is 4.06. The molecule has 9 heteroatoms. The quantitative estimate of drug-likeness (QED) is 0.570. The van der Waals surface area contributed by atoms with E-state index < -0.39 is 11.9 Å². The summed E-state index contributed by atoms with van der Waals surface area (Å²) < 4.78 is 14.8. The van der Waals surface area contributed by atoms with E-state index in [1.54, 1.807) is 6.07 Å². The van der Waals surface area contributed by atoms with Crippen LogP contribution < -0.4 is 5.32 Å². The number of nitrogens with one attached hydrogen (secondary N) is 1. The van der Waals surface area contributed by atoms with Crippen molar-refractivity contribution in [2.45, 2.75) is 0 Å². The van der Waals surface area contributed by atoms with E-state index in [0.717, 1.165) is 6.07 Å². The van der Waals surface area contributed by atoms with Crippen molar-refractivity contribution in [3.63, 3.8) is 0 Å². The second kappa shape index (κ2) is 4.98. The summed E-state index contributed by atoms with van der Waals surface area (Å²) >= 11 is 5.88. The fourth-order valence-electron chi connectivity index (χ4n) is 1.79. The molecule has 3 aromatic rings. The number of nitrogens with zero attached hydrogens (tertiary/aromatic N) is 4. The lowest BCUT2D eigenvalue weighted by atomic mass is 10.2. The molecule has 0 atom stereocenters. The van der Waals surface area contributed by atoms with Crippen LogP contribution in [0.25, 0.3) is 5.65 Å². The van der Waals surface area contributed by atoms with Crippen LogP contribution in [-0.2, 0) is 0 Å². The van der Waals surface area contributed by atoms with Crippen LogP contribution >= 0.6 is 11.6 Å². The molecule has 0 aliphatic rings. The molecule has 0 radical (unpaired) electrons. The molecule has 0 saturated carbocycles. The van der Waals surface area contributed by atoms with Crippen molar-refractivity contribution in [1.82, 2.24) is 19.6 Å². The van der Waals surface area contributed by atoms with Crippen LogP contribution in [-0.4, -0.2) is 30.7 Å². The minimum atomic E-state index is -1.25. The summed E-state index contributed by atoms with van der Waals surface area (Å²) in [6.45, 7) is 0. The molecule has 0 fully saturated rings. The predicted octanol–water partition coefficient (Wildman–Crippen LogP) is 2.36. The van der Waals surface area contributed by atoms with Gasteiger partial charge in [0, 0.05) is 18.2 Å². The Bertz CT molecular complexity index is 851. The number of carbonyl (C=O) groups is 1. The zero-order chi connectivity index (χ0) is 15.0. The van der Waals surface area contributed by atoms with E-state index in [4.69, 9.17) is 16.7 Å². The van der Waals surface area contributed by atoms with Crippen LogP contribution in [0, 0.1) is 5.95 Å². The lowest BCUT2D eigenvalue weighted by molar-refractivity contribution is 0.0696. The molecule has 3 rings (SSSR count). The molecule has 0 saturated heterocycles. The Morgan fingerprint density at radius 3 is 2.90 bits per heavy atom. The summed E-state index contributed by atoms with van der Waals surface area (Å²) in [6, 6.07) is 5.14. The maximum atomic E-state index is 13.3. The van der Waals surface area contributed by atoms with Gasteiger partial charge in [-0.05, 0) is 6.07 Å². The van der Waals surface area contributed by atoms with Gasteiger partial charge in [0.1, 0.15) is 16.8 Å². The first kappa shape index (κ1) is 13.3. The van der Waals surface area contributed by atoms with Gasteiger partial charge in [0.05, 0.1) is 11.8 Å². The normalized spacial score (nSPS) is 10.8. The highest BCUT2D eigenvalue weighted by atomic mass is 35.5. The molecule has 0 aliphatic heterocycles. The summed E-state index contributed by atoms with van der Waals surface area (Å²) in [7, 11) is 0. The largest absolute Gasteiger partial charge is 0.478 e. The lowest BCUT2D eigenvalue weighted by Crippen LogP contribution is -2.05. The molecule has 0 bridgehead atoms. The summed E-state index contributed by atoms with van der Waals surface area (Å²) in [5.41, 5.74) is 0.265. The van der Waals surface area contributed by atoms with E-state index in [2.05, 4.69) is 20.4 Å².